The number of amides is 1. The van der Waals surface area contributed by atoms with Crippen molar-refractivity contribution in [3.63, 3.8) is 0 Å². The van der Waals surface area contributed by atoms with Gasteiger partial charge in [0.05, 0.1) is 6.33 Å². The lowest BCUT2D eigenvalue weighted by Crippen LogP contribution is -2.50. The van der Waals surface area contributed by atoms with Crippen LogP contribution in [0.4, 0.5) is 8.78 Å². The number of hydrogen-bond donors (Lipinski definition) is 3. The van der Waals surface area contributed by atoms with Crippen molar-refractivity contribution in [3.8, 4) is 5.75 Å². The first kappa shape index (κ1) is 22.0. The Bertz CT molecular complexity index is 832. The molecule has 1 aromatic rings. The zero-order chi connectivity index (χ0) is 21.5. The molecule has 1 amide bonds. The second-order valence-corrected chi connectivity index (χ2v) is 7.95. The molecule has 2 aliphatic rings. The fourth-order valence-corrected chi connectivity index (χ4v) is 4.21. The van der Waals surface area contributed by atoms with Crippen LogP contribution >= 0.6 is 0 Å². The van der Waals surface area contributed by atoms with E-state index in [0.29, 0.717) is 55.4 Å². The highest BCUT2D eigenvalue weighted by molar-refractivity contribution is 5.95. The van der Waals surface area contributed by atoms with Crippen LogP contribution in [0.3, 0.4) is 0 Å². The summed E-state index contributed by atoms with van der Waals surface area (Å²) in [5.74, 6) is -0.379. The number of allylic oxidation sites excluding steroid dienone is 2. The number of carbonyl (C=O) groups excluding carboxylic acids is 1. The molecule has 1 aliphatic heterocycles. The highest BCUT2D eigenvalue weighted by Gasteiger charge is 2.33. The van der Waals surface area contributed by atoms with Crippen molar-refractivity contribution in [3.05, 3.63) is 65.9 Å². The van der Waals surface area contributed by atoms with Gasteiger partial charge in [0.25, 0.3) is 0 Å². The van der Waals surface area contributed by atoms with Gasteiger partial charge < -0.3 is 21.1 Å². The summed E-state index contributed by atoms with van der Waals surface area (Å²) in [6.45, 7) is 4.70. The number of hydrogen-bond acceptors (Lipinski definition) is 4. The lowest BCUT2D eigenvalue weighted by molar-refractivity contribution is 0.0996. The fraction of sp³-hybridized carbons (Fsp3) is 0.435. The molecule has 7 heteroatoms. The summed E-state index contributed by atoms with van der Waals surface area (Å²) < 4.78 is 32.0. The predicted octanol–water partition coefficient (Wildman–Crippen LogP) is 3.52. The summed E-state index contributed by atoms with van der Waals surface area (Å²) in [5.41, 5.74) is 7.44. The average molecular weight is 418 g/mol. The normalized spacial score (nSPS) is 23.4. The van der Waals surface area contributed by atoms with E-state index in [4.69, 9.17) is 10.5 Å². The summed E-state index contributed by atoms with van der Waals surface area (Å²) in [7, 11) is 0. The van der Waals surface area contributed by atoms with Gasteiger partial charge in [-0.05, 0) is 56.4 Å². The van der Waals surface area contributed by atoms with Crippen LogP contribution < -0.4 is 21.1 Å². The van der Waals surface area contributed by atoms with Crippen LogP contribution in [-0.2, 0) is 6.42 Å². The Morgan fingerprint density at radius 3 is 2.83 bits per heavy atom. The van der Waals surface area contributed by atoms with Gasteiger partial charge in [-0.25, -0.2) is 8.78 Å². The molecule has 1 aromatic carbocycles. The van der Waals surface area contributed by atoms with Crippen LogP contribution in [0.2, 0.25) is 0 Å². The Morgan fingerprint density at radius 1 is 1.33 bits per heavy atom. The molecular formula is C23H29F2N3O2. The van der Waals surface area contributed by atoms with Crippen molar-refractivity contribution in [2.45, 2.75) is 44.2 Å². The molecular weight excluding hydrogens is 388 g/mol. The molecule has 1 aliphatic carbocycles. The number of fused-ring (bicyclic) bond motifs is 1. The first-order chi connectivity index (χ1) is 14.5. The first-order valence-electron chi connectivity index (χ1n) is 10.3. The van der Waals surface area contributed by atoms with Gasteiger partial charge in [-0.3, -0.25) is 4.79 Å². The molecule has 0 saturated heterocycles. The van der Waals surface area contributed by atoms with Crippen LogP contribution in [0.5, 0.6) is 5.75 Å². The minimum absolute atomic E-state index is 0.00194. The molecule has 1 fully saturated rings. The highest BCUT2D eigenvalue weighted by atomic mass is 19.1. The van der Waals surface area contributed by atoms with Crippen molar-refractivity contribution in [1.29, 1.82) is 0 Å². The second kappa shape index (κ2) is 10.4. The van der Waals surface area contributed by atoms with E-state index in [0.717, 1.165) is 24.8 Å². The predicted molar refractivity (Wildman–Crippen MR) is 113 cm³/mol. The Morgan fingerprint density at radius 2 is 2.13 bits per heavy atom. The van der Waals surface area contributed by atoms with Gasteiger partial charge in [0.2, 0.25) is 5.91 Å². The molecule has 4 N–H and O–H groups in total. The SMILES string of the molecule is C=CCN/C=C(\C/C=C/F)CC1CC(NC2COc3c(F)ccc(C(N)=O)c3C2)C1. The maximum Gasteiger partial charge on any atom is 0.249 e. The summed E-state index contributed by atoms with van der Waals surface area (Å²) >= 11 is 0. The standard InChI is InChI=1S/C23H29F2N3O2/c1-2-8-27-13-15(4-3-7-24)9-16-10-17(11-16)28-18-12-20-19(23(26)29)5-6-21(25)22(20)30-14-18/h2-3,5-7,13,16-18,27-28H,1,4,8-12,14H2,(H2,26,29)/b7-3+,15-13+. The third-order valence-corrected chi connectivity index (χ3v) is 5.65. The molecule has 3 rings (SSSR count). The summed E-state index contributed by atoms with van der Waals surface area (Å²) in [5, 5.41) is 6.72. The summed E-state index contributed by atoms with van der Waals surface area (Å²) in [6, 6.07) is 2.98. The largest absolute Gasteiger partial charge is 0.489 e. The Hall–Kier alpha value is -2.67. The zero-order valence-corrected chi connectivity index (χ0v) is 17.0. The number of rotatable bonds is 10. The molecule has 1 heterocycles. The zero-order valence-electron chi connectivity index (χ0n) is 17.0. The highest BCUT2D eigenvalue weighted by Crippen LogP contribution is 2.36. The summed E-state index contributed by atoms with van der Waals surface area (Å²) in [6.07, 6.45) is 9.85. The van der Waals surface area contributed by atoms with Crippen molar-refractivity contribution >= 4 is 5.91 Å². The van der Waals surface area contributed by atoms with Crippen LogP contribution in [-0.4, -0.2) is 31.1 Å². The third-order valence-electron chi connectivity index (χ3n) is 5.65. The Labute approximate surface area is 176 Å². The minimum atomic E-state index is -0.578. The number of halogens is 2. The van der Waals surface area contributed by atoms with Crippen molar-refractivity contribution in [2.24, 2.45) is 11.7 Å². The number of primary amides is 1. The van der Waals surface area contributed by atoms with E-state index in [9.17, 15) is 13.6 Å². The van der Waals surface area contributed by atoms with E-state index in [-0.39, 0.29) is 11.8 Å². The maximum atomic E-state index is 14.0. The molecule has 0 bridgehead atoms. The lowest BCUT2D eigenvalue weighted by atomic mass is 9.75. The number of carbonyl (C=O) groups is 1. The molecule has 30 heavy (non-hydrogen) atoms. The van der Waals surface area contributed by atoms with E-state index in [2.05, 4.69) is 17.2 Å². The van der Waals surface area contributed by atoms with Gasteiger partial charge in [0.15, 0.2) is 11.6 Å². The van der Waals surface area contributed by atoms with E-state index in [1.54, 1.807) is 6.08 Å². The van der Waals surface area contributed by atoms with Gasteiger partial charge in [-0.1, -0.05) is 17.7 Å². The monoisotopic (exact) mass is 417 g/mol. The Balaban J connectivity index is 1.52. The van der Waals surface area contributed by atoms with Crippen molar-refractivity contribution < 1.29 is 18.3 Å². The average Bonchev–Trinajstić information content (AvgIpc) is 2.70. The van der Waals surface area contributed by atoms with Gasteiger partial charge in [-0.15, -0.1) is 6.58 Å². The second-order valence-electron chi connectivity index (χ2n) is 7.95. The quantitative estimate of drug-likeness (QED) is 0.402. The van der Waals surface area contributed by atoms with Gasteiger partial charge >= 0.3 is 0 Å². The smallest absolute Gasteiger partial charge is 0.249 e. The molecule has 1 saturated carbocycles. The van der Waals surface area contributed by atoms with Gasteiger partial charge in [0, 0.05) is 29.8 Å². The topological polar surface area (TPSA) is 76.4 Å². The van der Waals surface area contributed by atoms with Gasteiger partial charge in [-0.2, -0.15) is 0 Å². The molecule has 162 valence electrons. The van der Waals surface area contributed by atoms with E-state index >= 15 is 0 Å². The van der Waals surface area contributed by atoms with E-state index in [1.807, 2.05) is 6.20 Å². The van der Waals surface area contributed by atoms with Gasteiger partial charge in [0.1, 0.15) is 6.61 Å². The van der Waals surface area contributed by atoms with E-state index < -0.39 is 11.7 Å². The van der Waals surface area contributed by atoms with Crippen LogP contribution in [0.25, 0.3) is 0 Å². The van der Waals surface area contributed by atoms with Crippen LogP contribution in [0, 0.1) is 11.7 Å². The molecule has 0 aromatic heterocycles. The van der Waals surface area contributed by atoms with Crippen molar-refractivity contribution in [2.75, 3.05) is 13.2 Å². The summed E-state index contributed by atoms with van der Waals surface area (Å²) in [4.78, 5) is 11.7. The molecule has 5 nitrogen and oxygen atoms in total. The molecule has 0 radical (unpaired) electrons. The lowest BCUT2D eigenvalue weighted by Gasteiger charge is -2.40. The van der Waals surface area contributed by atoms with Crippen LogP contribution in [0.15, 0.2) is 49.0 Å². The van der Waals surface area contributed by atoms with Crippen molar-refractivity contribution in [1.82, 2.24) is 10.6 Å². The van der Waals surface area contributed by atoms with E-state index in [1.165, 1.54) is 18.2 Å². The Kier molecular flexibility index (Phi) is 7.63. The molecule has 1 unspecified atom stereocenters. The number of benzene rings is 1. The number of ether oxygens (including phenoxy) is 1. The number of nitrogens with one attached hydrogen (secondary N) is 2. The third kappa shape index (κ3) is 5.48. The first-order valence-corrected chi connectivity index (χ1v) is 10.3. The van der Waals surface area contributed by atoms with Crippen LogP contribution in [0.1, 0.15) is 41.6 Å². The number of nitrogens with two attached hydrogens (primary N) is 1. The maximum absolute atomic E-state index is 14.0. The minimum Gasteiger partial charge on any atom is -0.489 e. The fourth-order valence-electron chi connectivity index (χ4n) is 4.21. The molecule has 0 spiro atoms. The molecule has 1 atom stereocenters.